The van der Waals surface area contributed by atoms with E-state index in [0.29, 0.717) is 22.4 Å². The molecule has 0 fully saturated rings. The maximum absolute atomic E-state index is 12.4. The quantitative estimate of drug-likeness (QED) is 0.885. The molecule has 0 saturated carbocycles. The molecule has 0 radical (unpaired) electrons. The van der Waals surface area contributed by atoms with E-state index in [-0.39, 0.29) is 0 Å². The number of aryl methyl sites for hydroxylation is 1. The fourth-order valence-corrected chi connectivity index (χ4v) is 4.51. The third-order valence-corrected chi connectivity index (χ3v) is 6.37. The maximum atomic E-state index is 12.4. The van der Waals surface area contributed by atoms with Gasteiger partial charge in [-0.1, -0.05) is 26.0 Å². The van der Waals surface area contributed by atoms with E-state index in [1.54, 1.807) is 12.1 Å². The second-order valence-electron chi connectivity index (χ2n) is 5.26. The summed E-state index contributed by atoms with van der Waals surface area (Å²) in [4.78, 5) is 0.895. The summed E-state index contributed by atoms with van der Waals surface area (Å²) in [5.74, 6) is 0.349. The molecule has 0 aliphatic carbocycles. The Balaban J connectivity index is 2.30. The summed E-state index contributed by atoms with van der Waals surface area (Å²) in [6.45, 7) is 6.37. The van der Waals surface area contributed by atoms with Crippen LogP contribution in [0.5, 0.6) is 0 Å². The van der Waals surface area contributed by atoms with Gasteiger partial charge in [-0.3, -0.25) is 4.72 Å². The lowest BCUT2D eigenvalue weighted by atomic mass is 10.0. The number of nitrogens with two attached hydrogens (primary N) is 1. The highest BCUT2D eigenvalue weighted by Crippen LogP contribution is 2.28. The number of thiophene rings is 1. The van der Waals surface area contributed by atoms with E-state index in [4.69, 9.17) is 5.73 Å². The molecule has 3 N–H and O–H groups in total. The van der Waals surface area contributed by atoms with E-state index < -0.39 is 10.0 Å². The molecule has 114 valence electrons. The van der Waals surface area contributed by atoms with Gasteiger partial charge in [-0.25, -0.2) is 8.42 Å². The SMILES string of the molecule is Cc1cc(S(=O)(=O)Nc2cccc(C(C)C)c2)sc1CN. The molecule has 0 bridgehead atoms. The van der Waals surface area contributed by atoms with Gasteiger partial charge >= 0.3 is 0 Å². The van der Waals surface area contributed by atoms with Gasteiger partial charge in [-0.2, -0.15) is 0 Å². The number of nitrogens with one attached hydrogen (secondary N) is 1. The fourth-order valence-electron chi connectivity index (χ4n) is 1.99. The zero-order valence-electron chi connectivity index (χ0n) is 12.4. The Morgan fingerprint density at radius 1 is 1.29 bits per heavy atom. The van der Waals surface area contributed by atoms with Crippen LogP contribution in [0.3, 0.4) is 0 Å². The van der Waals surface area contributed by atoms with Crippen molar-refractivity contribution in [2.45, 2.75) is 37.4 Å². The van der Waals surface area contributed by atoms with Crippen LogP contribution in [0.15, 0.2) is 34.5 Å². The van der Waals surface area contributed by atoms with Crippen molar-refractivity contribution in [3.63, 3.8) is 0 Å². The number of anilines is 1. The summed E-state index contributed by atoms with van der Waals surface area (Å²) in [5.41, 5.74) is 8.21. The average Bonchev–Trinajstić information content (AvgIpc) is 2.80. The molecule has 0 spiro atoms. The van der Waals surface area contributed by atoms with E-state index >= 15 is 0 Å². The fraction of sp³-hybridized carbons (Fsp3) is 0.333. The Hall–Kier alpha value is -1.37. The third-order valence-electron chi connectivity index (χ3n) is 3.25. The molecule has 6 heteroatoms. The van der Waals surface area contributed by atoms with E-state index in [2.05, 4.69) is 18.6 Å². The van der Waals surface area contributed by atoms with Gasteiger partial charge in [0.05, 0.1) is 0 Å². The number of rotatable bonds is 5. The zero-order valence-corrected chi connectivity index (χ0v) is 14.0. The minimum Gasteiger partial charge on any atom is -0.326 e. The lowest BCUT2D eigenvalue weighted by Gasteiger charge is -2.10. The number of benzene rings is 1. The summed E-state index contributed by atoms with van der Waals surface area (Å²) >= 11 is 1.22. The largest absolute Gasteiger partial charge is 0.326 e. The Morgan fingerprint density at radius 3 is 2.57 bits per heavy atom. The first-order chi connectivity index (χ1) is 9.83. The van der Waals surface area contributed by atoms with Crippen molar-refractivity contribution in [3.05, 3.63) is 46.3 Å². The lowest BCUT2D eigenvalue weighted by Crippen LogP contribution is -2.11. The van der Waals surface area contributed by atoms with Crippen molar-refractivity contribution in [1.82, 2.24) is 0 Å². The number of sulfonamides is 1. The van der Waals surface area contributed by atoms with E-state index in [9.17, 15) is 8.42 Å². The maximum Gasteiger partial charge on any atom is 0.271 e. The van der Waals surface area contributed by atoms with Crippen molar-refractivity contribution in [2.24, 2.45) is 5.73 Å². The van der Waals surface area contributed by atoms with Gasteiger partial charge in [0.1, 0.15) is 4.21 Å². The van der Waals surface area contributed by atoms with Crippen molar-refractivity contribution >= 4 is 27.0 Å². The van der Waals surface area contributed by atoms with Crippen LogP contribution < -0.4 is 10.5 Å². The summed E-state index contributed by atoms with van der Waals surface area (Å²) in [5, 5.41) is 0. The molecule has 0 aliphatic heterocycles. The smallest absolute Gasteiger partial charge is 0.271 e. The van der Waals surface area contributed by atoms with Crippen molar-refractivity contribution in [2.75, 3.05) is 4.72 Å². The summed E-state index contributed by atoms with van der Waals surface area (Å²) in [7, 11) is -3.55. The minimum absolute atomic E-state index is 0.301. The highest BCUT2D eigenvalue weighted by molar-refractivity contribution is 7.94. The Bertz CT molecular complexity index is 734. The molecule has 0 unspecified atom stereocenters. The Morgan fingerprint density at radius 2 is 2.00 bits per heavy atom. The molecule has 2 aromatic rings. The second-order valence-corrected chi connectivity index (χ2v) is 8.31. The number of hydrogen-bond donors (Lipinski definition) is 2. The predicted molar refractivity (Wildman–Crippen MR) is 88.3 cm³/mol. The van der Waals surface area contributed by atoms with Gasteiger partial charge in [-0.15, -0.1) is 11.3 Å². The van der Waals surface area contributed by atoms with Crippen LogP contribution in [-0.4, -0.2) is 8.42 Å². The topological polar surface area (TPSA) is 72.2 Å². The number of hydrogen-bond acceptors (Lipinski definition) is 4. The van der Waals surface area contributed by atoms with Crippen LogP contribution in [0.25, 0.3) is 0 Å². The van der Waals surface area contributed by atoms with E-state index in [1.165, 1.54) is 11.3 Å². The molecule has 21 heavy (non-hydrogen) atoms. The van der Waals surface area contributed by atoms with Gasteiger partial charge in [0.25, 0.3) is 10.0 Å². The van der Waals surface area contributed by atoms with Crippen LogP contribution >= 0.6 is 11.3 Å². The molecule has 0 atom stereocenters. The molecule has 1 heterocycles. The molecule has 0 aliphatic rings. The van der Waals surface area contributed by atoms with Crippen LogP contribution in [0.2, 0.25) is 0 Å². The average molecular weight is 324 g/mol. The molecule has 0 saturated heterocycles. The van der Waals surface area contributed by atoms with Gasteiger partial charge < -0.3 is 5.73 Å². The standard InChI is InChI=1S/C15H20N2O2S2/c1-10(2)12-5-4-6-13(8-12)17-21(18,19)15-7-11(3)14(9-16)20-15/h4-8,10,17H,9,16H2,1-3H3. The normalized spacial score (nSPS) is 11.9. The van der Waals surface area contributed by atoms with Gasteiger partial charge in [0.15, 0.2) is 0 Å². The second kappa shape index (κ2) is 6.17. The van der Waals surface area contributed by atoms with Crippen molar-refractivity contribution in [3.8, 4) is 0 Å². The first-order valence-electron chi connectivity index (χ1n) is 6.75. The van der Waals surface area contributed by atoms with Crippen molar-refractivity contribution in [1.29, 1.82) is 0 Å². The van der Waals surface area contributed by atoms with Gasteiger partial charge in [0, 0.05) is 17.1 Å². The predicted octanol–water partition coefficient (Wildman–Crippen LogP) is 3.44. The highest BCUT2D eigenvalue weighted by Gasteiger charge is 2.19. The molecule has 2 rings (SSSR count). The molecule has 4 nitrogen and oxygen atoms in total. The van der Waals surface area contributed by atoms with Gasteiger partial charge in [-0.05, 0) is 42.2 Å². The molecule has 1 aromatic carbocycles. The molecule has 1 aromatic heterocycles. The third kappa shape index (κ3) is 3.64. The molecular formula is C15H20N2O2S2. The van der Waals surface area contributed by atoms with Gasteiger partial charge in [0.2, 0.25) is 0 Å². The minimum atomic E-state index is -3.55. The Labute approximate surface area is 130 Å². The van der Waals surface area contributed by atoms with Crippen LogP contribution in [0.1, 0.15) is 35.8 Å². The van der Waals surface area contributed by atoms with Crippen LogP contribution in [0.4, 0.5) is 5.69 Å². The van der Waals surface area contributed by atoms with E-state index in [1.807, 2.05) is 25.1 Å². The highest BCUT2D eigenvalue weighted by atomic mass is 32.2. The monoisotopic (exact) mass is 324 g/mol. The van der Waals surface area contributed by atoms with Crippen molar-refractivity contribution < 1.29 is 8.42 Å². The molecule has 0 amide bonds. The van der Waals surface area contributed by atoms with Crippen LogP contribution in [0, 0.1) is 6.92 Å². The summed E-state index contributed by atoms with van der Waals surface area (Å²) < 4.78 is 27.8. The molecular weight excluding hydrogens is 304 g/mol. The summed E-state index contributed by atoms with van der Waals surface area (Å²) in [6, 6.07) is 9.14. The first kappa shape index (κ1) is 16.0. The lowest BCUT2D eigenvalue weighted by molar-refractivity contribution is 0.603. The summed E-state index contributed by atoms with van der Waals surface area (Å²) in [6.07, 6.45) is 0. The van der Waals surface area contributed by atoms with Crippen LogP contribution in [-0.2, 0) is 16.6 Å². The first-order valence-corrected chi connectivity index (χ1v) is 9.05. The Kier molecular flexibility index (Phi) is 4.70. The van der Waals surface area contributed by atoms with E-state index in [0.717, 1.165) is 16.0 Å². The zero-order chi connectivity index (χ0) is 15.6.